The first-order chi connectivity index (χ1) is 5.75. The van der Waals surface area contributed by atoms with Gasteiger partial charge in [-0.3, -0.25) is 4.79 Å². The fourth-order valence-corrected chi connectivity index (χ4v) is 1.62. The second-order valence-corrected chi connectivity index (χ2v) is 3.09. The van der Waals surface area contributed by atoms with Crippen LogP contribution in [0.2, 0.25) is 0 Å². The highest BCUT2D eigenvalue weighted by Gasteiger charge is 2.38. The van der Waals surface area contributed by atoms with E-state index in [1.54, 1.807) is 7.11 Å². The van der Waals surface area contributed by atoms with Crippen molar-refractivity contribution >= 4 is 5.78 Å². The fourth-order valence-electron chi connectivity index (χ4n) is 1.62. The summed E-state index contributed by atoms with van der Waals surface area (Å²) < 4.78 is 10.5. The van der Waals surface area contributed by atoms with Crippen LogP contribution in [-0.2, 0) is 14.3 Å². The van der Waals surface area contributed by atoms with Crippen molar-refractivity contribution in [2.24, 2.45) is 0 Å². The monoisotopic (exact) mass is 172 g/mol. The first-order valence-electron chi connectivity index (χ1n) is 4.41. The predicted molar refractivity (Wildman–Crippen MR) is 45.1 cm³/mol. The predicted octanol–water partition coefficient (Wildman–Crippen LogP) is 1.16. The van der Waals surface area contributed by atoms with Crippen LogP contribution >= 0.6 is 0 Å². The van der Waals surface area contributed by atoms with E-state index in [0.29, 0.717) is 32.5 Å². The molecule has 1 aliphatic heterocycles. The Labute approximate surface area is 73.0 Å². The summed E-state index contributed by atoms with van der Waals surface area (Å²) in [6.45, 7) is 3.15. The van der Waals surface area contributed by atoms with E-state index in [2.05, 4.69) is 0 Å². The highest BCUT2D eigenvalue weighted by Crippen LogP contribution is 2.26. The third-order valence-electron chi connectivity index (χ3n) is 2.52. The summed E-state index contributed by atoms with van der Waals surface area (Å²) in [5, 5.41) is 0. The lowest BCUT2D eigenvalue weighted by atomic mass is 9.88. The molecule has 0 N–H and O–H groups in total. The van der Waals surface area contributed by atoms with Crippen molar-refractivity contribution in [1.29, 1.82) is 0 Å². The molecule has 70 valence electrons. The van der Waals surface area contributed by atoms with Crippen LogP contribution in [0.4, 0.5) is 0 Å². The molecule has 0 aromatic heterocycles. The number of carbonyl (C=O) groups excluding carboxylic acids is 1. The summed E-state index contributed by atoms with van der Waals surface area (Å²) in [5.74, 6) is 0.202. The van der Waals surface area contributed by atoms with Crippen LogP contribution in [0.25, 0.3) is 0 Å². The Kier molecular flexibility index (Phi) is 3.23. The molecule has 1 aliphatic rings. The number of hydrogen-bond acceptors (Lipinski definition) is 3. The van der Waals surface area contributed by atoms with Gasteiger partial charge in [-0.15, -0.1) is 0 Å². The van der Waals surface area contributed by atoms with Crippen LogP contribution in [0.5, 0.6) is 0 Å². The van der Waals surface area contributed by atoms with Gasteiger partial charge in [0.05, 0.1) is 0 Å². The van der Waals surface area contributed by atoms with E-state index >= 15 is 0 Å². The van der Waals surface area contributed by atoms with Crippen molar-refractivity contribution in [3.8, 4) is 0 Å². The zero-order valence-electron chi connectivity index (χ0n) is 7.76. The topological polar surface area (TPSA) is 35.5 Å². The molecular formula is C9H16O3. The van der Waals surface area contributed by atoms with Crippen molar-refractivity contribution in [3.05, 3.63) is 0 Å². The van der Waals surface area contributed by atoms with Gasteiger partial charge in [0, 0.05) is 39.6 Å². The number of carbonyl (C=O) groups is 1. The number of Topliss-reactive ketones (excluding diaryl/α,β-unsaturated/α-hetero) is 1. The zero-order valence-corrected chi connectivity index (χ0v) is 7.76. The number of ketones is 1. The van der Waals surface area contributed by atoms with E-state index in [4.69, 9.17) is 9.47 Å². The molecule has 1 saturated heterocycles. The van der Waals surface area contributed by atoms with Crippen LogP contribution in [0.3, 0.4) is 0 Å². The number of methoxy groups -OCH3 is 1. The molecule has 0 amide bonds. The van der Waals surface area contributed by atoms with Crippen LogP contribution in [0, 0.1) is 0 Å². The zero-order chi connectivity index (χ0) is 9.03. The standard InChI is InChI=1S/C9H16O3/c1-3-8(10)9(11-2)4-6-12-7-5-9/h3-7H2,1-2H3. The molecule has 0 atom stereocenters. The summed E-state index contributed by atoms with van der Waals surface area (Å²) in [7, 11) is 1.61. The minimum absolute atomic E-state index is 0.202. The molecule has 0 aliphatic carbocycles. The second-order valence-electron chi connectivity index (χ2n) is 3.09. The van der Waals surface area contributed by atoms with Crippen LogP contribution in [-0.4, -0.2) is 31.7 Å². The van der Waals surface area contributed by atoms with Gasteiger partial charge in [-0.25, -0.2) is 0 Å². The van der Waals surface area contributed by atoms with Gasteiger partial charge >= 0.3 is 0 Å². The lowest BCUT2D eigenvalue weighted by Crippen LogP contribution is -2.45. The Morgan fingerprint density at radius 2 is 2.08 bits per heavy atom. The number of ether oxygens (including phenoxy) is 2. The van der Waals surface area contributed by atoms with E-state index in [-0.39, 0.29) is 5.78 Å². The largest absolute Gasteiger partial charge is 0.381 e. The lowest BCUT2D eigenvalue weighted by Gasteiger charge is -2.34. The molecule has 0 radical (unpaired) electrons. The SMILES string of the molecule is CCC(=O)C1(OC)CCOCC1. The molecule has 0 saturated carbocycles. The molecule has 3 heteroatoms. The molecule has 1 rings (SSSR count). The molecule has 0 bridgehead atoms. The van der Waals surface area contributed by atoms with Gasteiger partial charge in [-0.2, -0.15) is 0 Å². The third-order valence-corrected chi connectivity index (χ3v) is 2.52. The van der Waals surface area contributed by atoms with Crippen LogP contribution in [0.1, 0.15) is 26.2 Å². The Balaban J connectivity index is 2.66. The van der Waals surface area contributed by atoms with Gasteiger partial charge in [0.25, 0.3) is 0 Å². The molecule has 0 unspecified atom stereocenters. The fraction of sp³-hybridized carbons (Fsp3) is 0.889. The van der Waals surface area contributed by atoms with E-state index in [0.717, 1.165) is 0 Å². The smallest absolute Gasteiger partial charge is 0.164 e. The molecule has 0 aromatic rings. The van der Waals surface area contributed by atoms with Crippen LogP contribution in [0.15, 0.2) is 0 Å². The Morgan fingerprint density at radius 1 is 1.50 bits per heavy atom. The minimum atomic E-state index is -0.535. The molecule has 0 spiro atoms. The maximum absolute atomic E-state index is 11.5. The van der Waals surface area contributed by atoms with E-state index in [9.17, 15) is 4.79 Å². The average Bonchev–Trinajstić information content (AvgIpc) is 2.17. The van der Waals surface area contributed by atoms with E-state index in [1.807, 2.05) is 6.92 Å². The summed E-state index contributed by atoms with van der Waals surface area (Å²) in [6.07, 6.45) is 1.96. The highest BCUT2D eigenvalue weighted by atomic mass is 16.5. The first kappa shape index (κ1) is 9.68. The van der Waals surface area contributed by atoms with Crippen LogP contribution < -0.4 is 0 Å². The van der Waals surface area contributed by atoms with Gasteiger partial charge in [0.2, 0.25) is 0 Å². The summed E-state index contributed by atoms with van der Waals surface area (Å²) >= 11 is 0. The maximum Gasteiger partial charge on any atom is 0.164 e. The van der Waals surface area contributed by atoms with E-state index in [1.165, 1.54) is 0 Å². The normalized spacial score (nSPS) is 22.2. The minimum Gasteiger partial charge on any atom is -0.381 e. The lowest BCUT2D eigenvalue weighted by molar-refractivity contribution is -0.152. The van der Waals surface area contributed by atoms with Gasteiger partial charge in [0.1, 0.15) is 5.60 Å². The van der Waals surface area contributed by atoms with Gasteiger partial charge < -0.3 is 9.47 Å². The Bertz CT molecular complexity index is 159. The van der Waals surface area contributed by atoms with Crippen molar-refractivity contribution in [2.75, 3.05) is 20.3 Å². The first-order valence-corrected chi connectivity index (χ1v) is 4.41. The van der Waals surface area contributed by atoms with Gasteiger partial charge in [-0.05, 0) is 0 Å². The maximum atomic E-state index is 11.5. The Morgan fingerprint density at radius 3 is 2.50 bits per heavy atom. The van der Waals surface area contributed by atoms with Crippen molar-refractivity contribution in [2.45, 2.75) is 31.8 Å². The number of hydrogen-bond donors (Lipinski definition) is 0. The quantitative estimate of drug-likeness (QED) is 0.641. The van der Waals surface area contributed by atoms with Crippen molar-refractivity contribution in [1.82, 2.24) is 0 Å². The summed E-state index contributed by atoms with van der Waals surface area (Å²) in [5.41, 5.74) is -0.535. The molecule has 0 aromatic carbocycles. The molecule has 3 nitrogen and oxygen atoms in total. The number of rotatable bonds is 3. The summed E-state index contributed by atoms with van der Waals surface area (Å²) in [4.78, 5) is 11.5. The second kappa shape index (κ2) is 4.01. The Hall–Kier alpha value is -0.410. The van der Waals surface area contributed by atoms with Gasteiger partial charge in [-0.1, -0.05) is 6.92 Å². The molecule has 1 fully saturated rings. The third kappa shape index (κ3) is 1.67. The average molecular weight is 172 g/mol. The van der Waals surface area contributed by atoms with E-state index < -0.39 is 5.60 Å². The van der Waals surface area contributed by atoms with Crippen molar-refractivity contribution < 1.29 is 14.3 Å². The van der Waals surface area contributed by atoms with Gasteiger partial charge in [0.15, 0.2) is 5.78 Å². The molecular weight excluding hydrogens is 156 g/mol. The molecule has 1 heterocycles. The highest BCUT2D eigenvalue weighted by molar-refractivity contribution is 5.87. The molecule has 12 heavy (non-hydrogen) atoms. The summed E-state index contributed by atoms with van der Waals surface area (Å²) in [6, 6.07) is 0. The van der Waals surface area contributed by atoms with Crippen molar-refractivity contribution in [3.63, 3.8) is 0 Å².